The first-order valence-electron chi connectivity index (χ1n) is 8.07. The first kappa shape index (κ1) is 15.1. The van der Waals surface area contributed by atoms with Crippen molar-refractivity contribution in [1.82, 2.24) is 10.2 Å². The molecule has 0 amide bonds. The molecule has 3 nitrogen and oxygen atoms in total. The molecule has 1 aliphatic heterocycles. The van der Waals surface area contributed by atoms with Gasteiger partial charge in [0, 0.05) is 37.6 Å². The van der Waals surface area contributed by atoms with Crippen LogP contribution in [0.1, 0.15) is 24.4 Å². The summed E-state index contributed by atoms with van der Waals surface area (Å²) in [6.07, 6.45) is 4.07. The number of phenols is 1. The number of allylic oxidation sites excluding steroid dienone is 1. The zero-order valence-electron chi connectivity index (χ0n) is 13.0. The van der Waals surface area contributed by atoms with Crippen LogP contribution in [0, 0.1) is 0 Å². The summed E-state index contributed by atoms with van der Waals surface area (Å²) in [7, 11) is 0. The van der Waals surface area contributed by atoms with Crippen LogP contribution < -0.4 is 5.32 Å². The minimum atomic E-state index is 0.363. The molecule has 0 aliphatic carbocycles. The highest BCUT2D eigenvalue weighted by molar-refractivity contribution is 5.91. The lowest BCUT2D eigenvalue weighted by atomic mass is 9.93. The van der Waals surface area contributed by atoms with Crippen LogP contribution in [0.3, 0.4) is 0 Å². The standard InChI is InChI=1S/C19H24N2O/c1-2-3-8-18(21-13-11-20-12-14-21)16-9-10-19(22)17-7-5-4-6-15(16)17/h2,4-7,9-10,18,20,22H,1,3,8,11-14H2/t18-/m1/s1. The molecular weight excluding hydrogens is 272 g/mol. The maximum atomic E-state index is 10.1. The summed E-state index contributed by atoms with van der Waals surface area (Å²) in [6.45, 7) is 8.09. The monoisotopic (exact) mass is 296 g/mol. The number of aromatic hydroxyl groups is 1. The number of nitrogens with one attached hydrogen (secondary N) is 1. The lowest BCUT2D eigenvalue weighted by Gasteiger charge is -2.35. The van der Waals surface area contributed by atoms with E-state index >= 15 is 0 Å². The van der Waals surface area contributed by atoms with Crippen molar-refractivity contribution in [1.29, 1.82) is 0 Å². The van der Waals surface area contributed by atoms with Crippen molar-refractivity contribution < 1.29 is 5.11 Å². The van der Waals surface area contributed by atoms with Gasteiger partial charge in [-0.25, -0.2) is 0 Å². The maximum Gasteiger partial charge on any atom is 0.123 e. The second-order valence-electron chi connectivity index (χ2n) is 5.89. The maximum absolute atomic E-state index is 10.1. The van der Waals surface area contributed by atoms with Gasteiger partial charge in [0.15, 0.2) is 0 Å². The Morgan fingerprint density at radius 1 is 1.14 bits per heavy atom. The molecule has 0 saturated carbocycles. The molecule has 0 radical (unpaired) electrons. The lowest BCUT2D eigenvalue weighted by Crippen LogP contribution is -2.45. The van der Waals surface area contributed by atoms with E-state index < -0.39 is 0 Å². The van der Waals surface area contributed by atoms with E-state index in [0.29, 0.717) is 11.8 Å². The SMILES string of the molecule is C=CCC[C@H](c1ccc(O)c2ccccc12)N1CCNCC1. The molecule has 22 heavy (non-hydrogen) atoms. The second kappa shape index (κ2) is 6.95. The Morgan fingerprint density at radius 2 is 1.86 bits per heavy atom. The lowest BCUT2D eigenvalue weighted by molar-refractivity contribution is 0.167. The van der Waals surface area contributed by atoms with Crippen LogP contribution in [0.4, 0.5) is 0 Å². The topological polar surface area (TPSA) is 35.5 Å². The minimum Gasteiger partial charge on any atom is -0.507 e. The van der Waals surface area contributed by atoms with Gasteiger partial charge in [-0.15, -0.1) is 6.58 Å². The van der Waals surface area contributed by atoms with E-state index in [2.05, 4.69) is 28.9 Å². The largest absolute Gasteiger partial charge is 0.507 e. The molecule has 2 aromatic rings. The van der Waals surface area contributed by atoms with E-state index in [9.17, 15) is 5.11 Å². The molecule has 1 saturated heterocycles. The van der Waals surface area contributed by atoms with Crippen LogP contribution in [-0.2, 0) is 0 Å². The highest BCUT2D eigenvalue weighted by Gasteiger charge is 2.23. The number of nitrogens with zero attached hydrogens (tertiary/aromatic N) is 1. The average molecular weight is 296 g/mol. The van der Waals surface area contributed by atoms with Crippen molar-refractivity contribution in [2.24, 2.45) is 0 Å². The molecule has 0 bridgehead atoms. The summed E-state index contributed by atoms with van der Waals surface area (Å²) in [5.74, 6) is 0.363. The van der Waals surface area contributed by atoms with E-state index in [1.165, 1.54) is 5.56 Å². The molecule has 0 aromatic heterocycles. The third-order valence-electron chi connectivity index (χ3n) is 4.53. The fourth-order valence-electron chi connectivity index (χ4n) is 3.40. The van der Waals surface area contributed by atoms with Gasteiger partial charge >= 0.3 is 0 Å². The molecule has 2 N–H and O–H groups in total. The average Bonchev–Trinajstić information content (AvgIpc) is 2.58. The summed E-state index contributed by atoms with van der Waals surface area (Å²) in [5.41, 5.74) is 1.32. The van der Waals surface area contributed by atoms with Gasteiger partial charge in [0.25, 0.3) is 0 Å². The Hall–Kier alpha value is -1.84. The number of hydrogen-bond donors (Lipinski definition) is 2. The van der Waals surface area contributed by atoms with Gasteiger partial charge in [-0.05, 0) is 29.9 Å². The Kier molecular flexibility index (Phi) is 4.76. The number of phenolic OH excluding ortho intramolecular Hbond substituents is 1. The fourth-order valence-corrected chi connectivity index (χ4v) is 3.40. The summed E-state index contributed by atoms with van der Waals surface area (Å²) in [6, 6.07) is 12.5. The third-order valence-corrected chi connectivity index (χ3v) is 4.53. The van der Waals surface area contributed by atoms with E-state index in [1.807, 2.05) is 30.3 Å². The molecule has 116 valence electrons. The number of hydrogen-bond acceptors (Lipinski definition) is 3. The minimum absolute atomic E-state index is 0.363. The van der Waals surface area contributed by atoms with Crippen LogP contribution in [0.15, 0.2) is 49.1 Å². The molecule has 1 aliphatic rings. The van der Waals surface area contributed by atoms with Crippen molar-refractivity contribution in [2.75, 3.05) is 26.2 Å². The van der Waals surface area contributed by atoms with Crippen molar-refractivity contribution in [3.8, 4) is 5.75 Å². The predicted molar refractivity (Wildman–Crippen MR) is 92.2 cm³/mol. The Bertz CT molecular complexity index is 647. The predicted octanol–water partition coefficient (Wildman–Crippen LogP) is 3.46. The number of benzene rings is 2. The van der Waals surface area contributed by atoms with Gasteiger partial charge in [0.05, 0.1) is 0 Å². The van der Waals surface area contributed by atoms with Crippen LogP contribution >= 0.6 is 0 Å². The van der Waals surface area contributed by atoms with Gasteiger partial charge < -0.3 is 10.4 Å². The van der Waals surface area contributed by atoms with Crippen molar-refractivity contribution in [3.05, 3.63) is 54.6 Å². The van der Waals surface area contributed by atoms with E-state index in [0.717, 1.165) is 49.8 Å². The zero-order valence-corrected chi connectivity index (χ0v) is 13.0. The normalized spacial score (nSPS) is 17.5. The molecule has 3 rings (SSSR count). The zero-order chi connectivity index (χ0) is 15.4. The second-order valence-corrected chi connectivity index (χ2v) is 5.89. The van der Waals surface area contributed by atoms with Crippen LogP contribution in [0.25, 0.3) is 10.8 Å². The van der Waals surface area contributed by atoms with E-state index in [-0.39, 0.29) is 0 Å². The van der Waals surface area contributed by atoms with Gasteiger partial charge in [-0.1, -0.05) is 36.4 Å². The Labute approximate surface area is 132 Å². The molecule has 1 heterocycles. The number of rotatable bonds is 5. The quantitative estimate of drug-likeness (QED) is 0.830. The van der Waals surface area contributed by atoms with Crippen molar-refractivity contribution >= 4 is 10.8 Å². The highest BCUT2D eigenvalue weighted by atomic mass is 16.3. The molecular formula is C19H24N2O. The summed E-state index contributed by atoms with van der Waals surface area (Å²) in [4.78, 5) is 2.55. The van der Waals surface area contributed by atoms with Gasteiger partial charge in [-0.3, -0.25) is 4.90 Å². The smallest absolute Gasteiger partial charge is 0.123 e. The summed E-state index contributed by atoms with van der Waals surface area (Å²) >= 11 is 0. The molecule has 0 unspecified atom stereocenters. The van der Waals surface area contributed by atoms with E-state index in [4.69, 9.17) is 0 Å². The first-order chi connectivity index (χ1) is 10.8. The molecule has 0 spiro atoms. The first-order valence-corrected chi connectivity index (χ1v) is 8.07. The van der Waals surface area contributed by atoms with Crippen LogP contribution in [0.2, 0.25) is 0 Å². The molecule has 1 atom stereocenters. The summed E-state index contributed by atoms with van der Waals surface area (Å²) in [5, 5.41) is 15.7. The van der Waals surface area contributed by atoms with Crippen LogP contribution in [-0.4, -0.2) is 36.2 Å². The third kappa shape index (κ3) is 3.01. The van der Waals surface area contributed by atoms with Crippen LogP contribution in [0.5, 0.6) is 5.75 Å². The molecule has 2 aromatic carbocycles. The number of fused-ring (bicyclic) bond motifs is 1. The van der Waals surface area contributed by atoms with Gasteiger partial charge in [0.2, 0.25) is 0 Å². The Balaban J connectivity index is 2.03. The van der Waals surface area contributed by atoms with Crippen molar-refractivity contribution in [3.63, 3.8) is 0 Å². The van der Waals surface area contributed by atoms with Gasteiger partial charge in [0.1, 0.15) is 5.75 Å². The Morgan fingerprint density at radius 3 is 2.59 bits per heavy atom. The summed E-state index contributed by atoms with van der Waals surface area (Å²) < 4.78 is 0. The highest BCUT2D eigenvalue weighted by Crippen LogP contribution is 2.35. The fraction of sp³-hybridized carbons (Fsp3) is 0.368. The van der Waals surface area contributed by atoms with Crippen molar-refractivity contribution in [2.45, 2.75) is 18.9 Å². The van der Waals surface area contributed by atoms with Gasteiger partial charge in [-0.2, -0.15) is 0 Å². The van der Waals surface area contributed by atoms with E-state index in [1.54, 1.807) is 0 Å². The molecule has 3 heteroatoms. The number of piperazine rings is 1. The molecule has 1 fully saturated rings.